The largest absolute Gasteiger partial charge is 0.490 e. The van der Waals surface area contributed by atoms with Crippen LogP contribution in [0.1, 0.15) is 79.9 Å². The molecule has 0 amide bonds. The number of oxime groups is 1. The highest BCUT2D eigenvalue weighted by atomic mass is 16.7. The van der Waals surface area contributed by atoms with Crippen LogP contribution in [0.15, 0.2) is 66.5 Å². The number of methoxy groups -OCH3 is 1. The Morgan fingerprint density at radius 3 is 2.62 bits per heavy atom. The number of aliphatic hydroxyl groups is 2. The highest BCUT2D eigenvalue weighted by molar-refractivity contribution is 6.02. The molecule has 1 saturated carbocycles. The number of esters is 1. The normalized spacial score (nSPS) is 26.5. The van der Waals surface area contributed by atoms with Crippen molar-refractivity contribution in [2.24, 2.45) is 22.9 Å². The van der Waals surface area contributed by atoms with E-state index < -0.39 is 23.7 Å². The van der Waals surface area contributed by atoms with Gasteiger partial charge in [-0.3, -0.25) is 0 Å². The molecule has 3 aliphatic rings. The van der Waals surface area contributed by atoms with Gasteiger partial charge in [0.15, 0.2) is 5.69 Å². The fourth-order valence-corrected chi connectivity index (χ4v) is 7.69. The van der Waals surface area contributed by atoms with Crippen molar-refractivity contribution < 1.29 is 38.8 Å². The second kappa shape index (κ2) is 16.4. The number of carbonyl (C=O) groups excluding carboxylic acids is 1. The molecule has 2 aliphatic carbocycles. The van der Waals surface area contributed by atoms with Crippen molar-refractivity contribution in [2.75, 3.05) is 40.1 Å². The molecule has 1 fully saturated rings. The number of rotatable bonds is 18. The van der Waals surface area contributed by atoms with Gasteiger partial charge in [-0.2, -0.15) is 0 Å². The number of ether oxygens (including phenoxy) is 4. The lowest BCUT2D eigenvalue weighted by Crippen LogP contribution is -2.63. The van der Waals surface area contributed by atoms with Gasteiger partial charge in [0.05, 0.1) is 31.5 Å². The van der Waals surface area contributed by atoms with Crippen molar-refractivity contribution in [3.8, 4) is 11.5 Å². The molecule has 48 heavy (non-hydrogen) atoms. The predicted octanol–water partition coefficient (Wildman–Crippen LogP) is 5.16. The number of hydrogen-bond acceptors (Lipinski definition) is 11. The van der Waals surface area contributed by atoms with E-state index in [0.717, 1.165) is 36.8 Å². The maximum Gasteiger partial charge on any atom is 0.358 e. The molecule has 6 atom stereocenters. The van der Waals surface area contributed by atoms with E-state index in [1.807, 2.05) is 25.1 Å². The van der Waals surface area contributed by atoms with Crippen LogP contribution in [0.4, 0.5) is 0 Å². The van der Waals surface area contributed by atoms with E-state index in [0.29, 0.717) is 43.3 Å². The van der Waals surface area contributed by atoms with Crippen LogP contribution in [0.5, 0.6) is 11.5 Å². The Labute approximate surface area is 282 Å². The maximum absolute atomic E-state index is 13.0. The summed E-state index contributed by atoms with van der Waals surface area (Å²) in [7, 11) is 1.32. The number of unbranched alkanes of at least 4 members (excludes halogenated alkanes) is 2. The van der Waals surface area contributed by atoms with Crippen LogP contribution in [-0.4, -0.2) is 82.8 Å². The summed E-state index contributed by atoms with van der Waals surface area (Å²) in [5, 5.41) is 32.6. The first kappa shape index (κ1) is 35.3. The Balaban J connectivity index is 1.79. The minimum absolute atomic E-state index is 0.107. The molecule has 2 aromatic rings. The van der Waals surface area contributed by atoms with Crippen molar-refractivity contribution in [2.45, 2.75) is 69.6 Å². The van der Waals surface area contributed by atoms with Gasteiger partial charge in [0.25, 0.3) is 0 Å². The van der Waals surface area contributed by atoms with Crippen LogP contribution in [0.3, 0.4) is 0 Å². The lowest BCUT2D eigenvalue weighted by atomic mass is 9.55. The van der Waals surface area contributed by atoms with Crippen LogP contribution < -0.4 is 9.47 Å². The van der Waals surface area contributed by atoms with Crippen LogP contribution in [-0.2, 0) is 14.3 Å². The number of aliphatic hydroxyl groups excluding tert-OH is 2. The zero-order valence-corrected chi connectivity index (χ0v) is 28.0. The van der Waals surface area contributed by atoms with Crippen LogP contribution in [0.25, 0.3) is 0 Å². The van der Waals surface area contributed by atoms with E-state index in [1.165, 1.54) is 18.0 Å². The standard InChI is InChI=1S/C36H48N4O8/c1-5-18-45-25-14-15-31-28(21-25)33-26(13-9-11-17-42)24(12-8-10-16-41)20-27-29(38-47-7-3)22-32(36(48-31,34(27)33)46-19-6-2)40-30(23-37-39-40)35(43)44-4/h5-6,14-15,20-21,23-24,26,32-34,41-42H,1-2,7-13,16-19,22H2,3-4H3. The maximum atomic E-state index is 13.0. The zero-order valence-electron chi connectivity index (χ0n) is 28.0. The summed E-state index contributed by atoms with van der Waals surface area (Å²) < 4.78 is 26.6. The number of aromatic nitrogens is 3. The van der Waals surface area contributed by atoms with Crippen molar-refractivity contribution >= 4 is 11.7 Å². The molecule has 0 saturated heterocycles. The van der Waals surface area contributed by atoms with Gasteiger partial charge >= 0.3 is 5.97 Å². The van der Waals surface area contributed by atoms with Crippen molar-refractivity contribution in [1.29, 1.82) is 0 Å². The number of benzene rings is 1. The molecule has 1 aromatic carbocycles. The average Bonchev–Trinajstić information content (AvgIpc) is 3.59. The summed E-state index contributed by atoms with van der Waals surface area (Å²) in [6, 6.07) is 5.13. The molecule has 12 heteroatoms. The van der Waals surface area contributed by atoms with Crippen LogP contribution in [0.2, 0.25) is 0 Å². The molecule has 0 radical (unpaired) electrons. The van der Waals surface area contributed by atoms with Gasteiger partial charge in [0, 0.05) is 31.1 Å². The third-order valence-electron chi connectivity index (χ3n) is 9.58. The predicted molar refractivity (Wildman–Crippen MR) is 179 cm³/mol. The molecule has 5 rings (SSSR count). The van der Waals surface area contributed by atoms with E-state index in [9.17, 15) is 15.0 Å². The van der Waals surface area contributed by atoms with Crippen molar-refractivity contribution in [3.05, 3.63) is 72.6 Å². The van der Waals surface area contributed by atoms with E-state index >= 15 is 0 Å². The molecule has 260 valence electrons. The molecule has 12 nitrogen and oxygen atoms in total. The molecule has 6 unspecified atom stereocenters. The quantitative estimate of drug-likeness (QED) is 0.0949. The van der Waals surface area contributed by atoms with Gasteiger partial charge in [-0.1, -0.05) is 48.0 Å². The third-order valence-corrected chi connectivity index (χ3v) is 9.58. The van der Waals surface area contributed by atoms with Crippen LogP contribution >= 0.6 is 0 Å². The first-order chi connectivity index (χ1) is 23.5. The fraction of sp³-hybridized carbons (Fsp3) is 0.556. The molecular weight excluding hydrogens is 616 g/mol. The minimum Gasteiger partial charge on any atom is -0.490 e. The summed E-state index contributed by atoms with van der Waals surface area (Å²) in [4.78, 5) is 18.7. The fourth-order valence-electron chi connectivity index (χ4n) is 7.69. The summed E-state index contributed by atoms with van der Waals surface area (Å²) in [6.07, 6.45) is 12.1. The number of nitrogens with zero attached hydrogens (tertiary/aromatic N) is 4. The average molecular weight is 665 g/mol. The van der Waals surface area contributed by atoms with Gasteiger partial charge in [0.2, 0.25) is 5.79 Å². The number of carbonyl (C=O) groups is 1. The van der Waals surface area contributed by atoms with Gasteiger partial charge in [0.1, 0.15) is 30.8 Å². The molecule has 0 spiro atoms. The molecule has 2 N–H and O–H groups in total. The minimum atomic E-state index is -1.37. The zero-order chi connectivity index (χ0) is 34.1. The van der Waals surface area contributed by atoms with Crippen molar-refractivity contribution in [1.82, 2.24) is 15.0 Å². The van der Waals surface area contributed by atoms with Crippen molar-refractivity contribution in [3.63, 3.8) is 0 Å². The Morgan fingerprint density at radius 2 is 1.92 bits per heavy atom. The Hall–Kier alpha value is -4.00. The smallest absolute Gasteiger partial charge is 0.358 e. The lowest BCUT2D eigenvalue weighted by Gasteiger charge is -2.58. The van der Waals surface area contributed by atoms with Gasteiger partial charge < -0.3 is 34.0 Å². The topological polar surface area (TPSA) is 147 Å². The van der Waals surface area contributed by atoms with Gasteiger partial charge in [-0.15, -0.1) is 11.7 Å². The summed E-state index contributed by atoms with van der Waals surface area (Å²) in [6.45, 7) is 10.8. The Morgan fingerprint density at radius 1 is 1.15 bits per heavy atom. The Bertz CT molecular complexity index is 1490. The number of allylic oxidation sites excluding steroid dienone is 1. The summed E-state index contributed by atoms with van der Waals surface area (Å²) in [5.74, 6) is -0.946. The summed E-state index contributed by atoms with van der Waals surface area (Å²) >= 11 is 0. The second-order valence-electron chi connectivity index (χ2n) is 12.3. The lowest BCUT2D eigenvalue weighted by molar-refractivity contribution is -0.252. The number of fused-ring (bicyclic) bond motifs is 2. The van der Waals surface area contributed by atoms with Gasteiger partial charge in [-0.25, -0.2) is 9.48 Å². The molecular formula is C36H48N4O8. The van der Waals surface area contributed by atoms with E-state index in [2.05, 4.69) is 34.7 Å². The second-order valence-corrected chi connectivity index (χ2v) is 12.3. The molecule has 1 aromatic heterocycles. The molecule has 0 bridgehead atoms. The van der Waals surface area contributed by atoms with E-state index in [-0.39, 0.29) is 49.7 Å². The highest BCUT2D eigenvalue weighted by Gasteiger charge is 2.65. The van der Waals surface area contributed by atoms with Crippen LogP contribution in [0, 0.1) is 17.8 Å². The van der Waals surface area contributed by atoms with Gasteiger partial charge in [-0.05, 0) is 68.2 Å². The molecule has 1 aliphatic heterocycles. The monoisotopic (exact) mass is 664 g/mol. The first-order valence-corrected chi connectivity index (χ1v) is 16.9. The SMILES string of the molecule is C=CCOc1ccc2c(c1)C1C(CCCCO)C(CCCCO)C=C3C(=NOCC)CC(n4nncc4C(=O)OC)C(OCC=C)(O2)C31. The first-order valence-electron chi connectivity index (χ1n) is 16.9. The Kier molecular flexibility index (Phi) is 12.1. The highest BCUT2D eigenvalue weighted by Crippen LogP contribution is 2.63. The third kappa shape index (κ3) is 6.92. The van der Waals surface area contributed by atoms with E-state index in [4.69, 9.17) is 23.8 Å². The van der Waals surface area contributed by atoms with E-state index in [1.54, 1.807) is 12.2 Å². The summed E-state index contributed by atoms with van der Waals surface area (Å²) in [5.41, 5.74) is 2.81. The number of hydrogen-bond donors (Lipinski definition) is 2. The molecule has 2 heterocycles.